The molecule has 0 spiro atoms. The van der Waals surface area contributed by atoms with E-state index >= 15 is 0 Å². The number of fused-ring (bicyclic) bond motifs is 1. The summed E-state index contributed by atoms with van der Waals surface area (Å²) in [7, 11) is 0. The van der Waals surface area contributed by atoms with Crippen molar-refractivity contribution in [3.05, 3.63) is 72.3 Å². The molecule has 1 heterocycles. The zero-order valence-corrected chi connectivity index (χ0v) is 17.3. The van der Waals surface area contributed by atoms with E-state index in [9.17, 15) is 9.59 Å². The summed E-state index contributed by atoms with van der Waals surface area (Å²) >= 11 is 1.58. The summed E-state index contributed by atoms with van der Waals surface area (Å²) in [6.45, 7) is 0.466. The van der Waals surface area contributed by atoms with Crippen molar-refractivity contribution in [3.8, 4) is 0 Å². The van der Waals surface area contributed by atoms with Crippen molar-refractivity contribution in [2.75, 3.05) is 24.3 Å². The van der Waals surface area contributed by atoms with Crippen LogP contribution in [0.15, 0.2) is 71.6 Å². The van der Waals surface area contributed by atoms with Gasteiger partial charge in [-0.05, 0) is 36.4 Å². The van der Waals surface area contributed by atoms with Crippen LogP contribution in [0.25, 0.3) is 10.8 Å². The Morgan fingerprint density at radius 3 is 2.70 bits per heavy atom. The summed E-state index contributed by atoms with van der Waals surface area (Å²) in [4.78, 5) is 25.8. The minimum Gasteiger partial charge on any atom is -0.452 e. The van der Waals surface area contributed by atoms with Crippen LogP contribution < -0.4 is 5.32 Å². The van der Waals surface area contributed by atoms with Crippen LogP contribution in [0.2, 0.25) is 0 Å². The van der Waals surface area contributed by atoms with Gasteiger partial charge in [-0.2, -0.15) is 0 Å². The van der Waals surface area contributed by atoms with Crippen LogP contribution in [0.3, 0.4) is 0 Å². The van der Waals surface area contributed by atoms with Crippen molar-refractivity contribution in [2.45, 2.75) is 23.8 Å². The van der Waals surface area contributed by atoms with Gasteiger partial charge in [0, 0.05) is 28.3 Å². The molecule has 1 aliphatic heterocycles. The molecule has 3 aromatic rings. The van der Waals surface area contributed by atoms with E-state index in [4.69, 9.17) is 9.47 Å². The second kappa shape index (κ2) is 9.78. The lowest BCUT2D eigenvalue weighted by Gasteiger charge is -2.12. The minimum absolute atomic E-state index is 0.227. The predicted octanol–water partition coefficient (Wildman–Crippen LogP) is 4.91. The fourth-order valence-corrected chi connectivity index (χ4v) is 4.56. The fraction of sp³-hybridized carbons (Fsp3) is 0.250. The molecule has 6 heteroatoms. The summed E-state index contributed by atoms with van der Waals surface area (Å²) in [5.41, 5.74) is 1.17. The van der Waals surface area contributed by atoms with Gasteiger partial charge in [0.2, 0.25) is 0 Å². The summed E-state index contributed by atoms with van der Waals surface area (Å²) in [5.74, 6) is -0.0750. The van der Waals surface area contributed by atoms with E-state index in [1.54, 1.807) is 23.9 Å². The first kappa shape index (κ1) is 20.4. The van der Waals surface area contributed by atoms with E-state index in [-0.39, 0.29) is 18.6 Å². The van der Waals surface area contributed by atoms with Gasteiger partial charge in [-0.3, -0.25) is 4.79 Å². The van der Waals surface area contributed by atoms with Crippen LogP contribution in [0.5, 0.6) is 0 Å². The van der Waals surface area contributed by atoms with Crippen molar-refractivity contribution in [2.24, 2.45) is 0 Å². The van der Waals surface area contributed by atoms with Gasteiger partial charge in [-0.1, -0.05) is 48.5 Å². The number of hydrogen-bond acceptors (Lipinski definition) is 5. The van der Waals surface area contributed by atoms with E-state index in [2.05, 4.69) is 5.32 Å². The normalized spacial score (nSPS) is 15.8. The molecule has 1 amide bonds. The number of thioether (sulfide) groups is 1. The molecule has 0 bridgehead atoms. The highest BCUT2D eigenvalue weighted by Crippen LogP contribution is 2.27. The molecule has 0 aliphatic carbocycles. The highest BCUT2D eigenvalue weighted by Gasteiger charge is 2.19. The monoisotopic (exact) mass is 421 g/mol. The summed E-state index contributed by atoms with van der Waals surface area (Å²) in [6.07, 6.45) is 2.36. The van der Waals surface area contributed by atoms with E-state index in [1.807, 2.05) is 54.6 Å². The lowest BCUT2D eigenvalue weighted by atomic mass is 10.1. The Kier molecular flexibility index (Phi) is 6.67. The van der Waals surface area contributed by atoms with Crippen LogP contribution in [-0.2, 0) is 14.3 Å². The van der Waals surface area contributed by atoms with Gasteiger partial charge in [0.15, 0.2) is 6.61 Å². The molecule has 4 rings (SSSR count). The maximum absolute atomic E-state index is 12.6. The zero-order chi connectivity index (χ0) is 20.8. The molecule has 1 atom stereocenters. The maximum Gasteiger partial charge on any atom is 0.339 e. The van der Waals surface area contributed by atoms with Gasteiger partial charge in [0.1, 0.15) is 0 Å². The van der Waals surface area contributed by atoms with Gasteiger partial charge >= 0.3 is 5.97 Å². The lowest BCUT2D eigenvalue weighted by Crippen LogP contribution is -2.21. The van der Waals surface area contributed by atoms with Crippen molar-refractivity contribution in [1.82, 2.24) is 0 Å². The maximum atomic E-state index is 12.6. The van der Waals surface area contributed by atoms with Crippen molar-refractivity contribution in [3.63, 3.8) is 0 Å². The average molecular weight is 422 g/mol. The van der Waals surface area contributed by atoms with Gasteiger partial charge in [0.05, 0.1) is 11.7 Å². The fourth-order valence-electron chi connectivity index (χ4n) is 3.45. The Balaban J connectivity index is 1.35. The summed E-state index contributed by atoms with van der Waals surface area (Å²) in [6, 6.07) is 20.8. The number of benzene rings is 3. The SMILES string of the molecule is O=C(COC(=O)c1ccccc1SC[C@H]1CCCO1)Nc1cccc2ccccc12. The highest BCUT2D eigenvalue weighted by molar-refractivity contribution is 7.99. The third-order valence-corrected chi connectivity index (χ3v) is 6.16. The molecule has 3 aromatic carbocycles. The Hall–Kier alpha value is -2.83. The van der Waals surface area contributed by atoms with Crippen LogP contribution in [0, 0.1) is 0 Å². The second-order valence-electron chi connectivity index (χ2n) is 7.09. The van der Waals surface area contributed by atoms with Crippen LogP contribution in [0.4, 0.5) is 5.69 Å². The van der Waals surface area contributed by atoms with Gasteiger partial charge < -0.3 is 14.8 Å². The number of nitrogens with one attached hydrogen (secondary N) is 1. The molecule has 1 saturated heterocycles. The topological polar surface area (TPSA) is 64.6 Å². The van der Waals surface area contributed by atoms with E-state index < -0.39 is 5.97 Å². The van der Waals surface area contributed by atoms with Crippen LogP contribution in [-0.4, -0.2) is 36.9 Å². The third-order valence-electron chi connectivity index (χ3n) is 4.95. The van der Waals surface area contributed by atoms with Crippen molar-refractivity contribution < 1.29 is 19.1 Å². The molecule has 0 aromatic heterocycles. The Morgan fingerprint density at radius 2 is 1.83 bits per heavy atom. The van der Waals surface area contributed by atoms with Crippen molar-refractivity contribution in [1.29, 1.82) is 0 Å². The number of ether oxygens (including phenoxy) is 2. The number of hydrogen-bond donors (Lipinski definition) is 1. The first-order chi connectivity index (χ1) is 14.7. The summed E-state index contributed by atoms with van der Waals surface area (Å²) < 4.78 is 10.9. The molecule has 1 fully saturated rings. The third kappa shape index (κ3) is 5.01. The molecule has 1 aliphatic rings. The molecule has 30 heavy (non-hydrogen) atoms. The Bertz CT molecular complexity index is 1040. The van der Waals surface area contributed by atoms with Crippen molar-refractivity contribution >= 4 is 40.1 Å². The number of esters is 1. The lowest BCUT2D eigenvalue weighted by molar-refractivity contribution is -0.119. The van der Waals surface area contributed by atoms with Crippen LogP contribution >= 0.6 is 11.8 Å². The van der Waals surface area contributed by atoms with Gasteiger partial charge in [-0.15, -0.1) is 11.8 Å². The molecular weight excluding hydrogens is 398 g/mol. The first-order valence-electron chi connectivity index (χ1n) is 9.99. The smallest absolute Gasteiger partial charge is 0.339 e. The molecule has 0 radical (unpaired) electrons. The zero-order valence-electron chi connectivity index (χ0n) is 16.5. The molecular formula is C24H23NO4S. The quantitative estimate of drug-likeness (QED) is 0.434. The van der Waals surface area contributed by atoms with Crippen LogP contribution in [0.1, 0.15) is 23.2 Å². The molecule has 5 nitrogen and oxygen atoms in total. The number of carbonyl (C=O) groups excluding carboxylic acids is 2. The highest BCUT2D eigenvalue weighted by atomic mass is 32.2. The molecule has 1 N–H and O–H groups in total. The minimum atomic E-state index is -0.501. The standard InChI is InChI=1S/C24H23NO4S/c26-23(25-21-12-5-8-17-7-1-2-10-19(17)21)15-29-24(27)20-11-3-4-13-22(20)30-16-18-9-6-14-28-18/h1-5,7-8,10-13,18H,6,9,14-16H2,(H,25,26)/t18-/m1/s1. The molecule has 154 valence electrons. The van der Waals surface area contributed by atoms with Gasteiger partial charge in [0.25, 0.3) is 5.91 Å². The van der Waals surface area contributed by atoms with Gasteiger partial charge in [-0.25, -0.2) is 4.79 Å². The number of carbonyl (C=O) groups is 2. The molecule has 0 unspecified atom stereocenters. The number of amides is 1. The molecule has 0 saturated carbocycles. The largest absolute Gasteiger partial charge is 0.452 e. The number of rotatable bonds is 7. The van der Waals surface area contributed by atoms with E-state index in [1.165, 1.54) is 0 Å². The summed E-state index contributed by atoms with van der Waals surface area (Å²) in [5, 5.41) is 4.80. The average Bonchev–Trinajstić information content (AvgIpc) is 3.30. The Morgan fingerprint density at radius 1 is 1.03 bits per heavy atom. The first-order valence-corrected chi connectivity index (χ1v) is 11.0. The van der Waals surface area contributed by atoms with E-state index in [0.717, 1.165) is 40.9 Å². The van der Waals surface area contributed by atoms with E-state index in [0.29, 0.717) is 11.3 Å². The number of anilines is 1. The second-order valence-corrected chi connectivity index (χ2v) is 8.16. The Labute approximate surface area is 179 Å². The predicted molar refractivity (Wildman–Crippen MR) is 119 cm³/mol.